The van der Waals surface area contributed by atoms with Crippen molar-refractivity contribution in [3.8, 4) is 0 Å². The summed E-state index contributed by atoms with van der Waals surface area (Å²) >= 11 is 1.60. The molecule has 1 fully saturated rings. The molecule has 108 valence electrons. The number of sulfonamides is 1. The molecule has 1 aliphatic heterocycles. The van der Waals surface area contributed by atoms with Gasteiger partial charge in [0.2, 0.25) is 0 Å². The van der Waals surface area contributed by atoms with Crippen LogP contribution < -0.4 is 9.62 Å². The molecule has 2 aromatic rings. The fourth-order valence-electron chi connectivity index (χ4n) is 2.23. The summed E-state index contributed by atoms with van der Waals surface area (Å²) in [5, 5.41) is 3.06. The van der Waals surface area contributed by atoms with Gasteiger partial charge in [-0.15, -0.1) is 11.3 Å². The Kier molecular flexibility index (Phi) is 3.72. The van der Waals surface area contributed by atoms with Crippen LogP contribution in [0.4, 0.5) is 5.13 Å². The van der Waals surface area contributed by atoms with Gasteiger partial charge in [0, 0.05) is 30.7 Å². The molecule has 0 aromatic carbocycles. The Morgan fingerprint density at radius 2 is 2.20 bits per heavy atom. The van der Waals surface area contributed by atoms with Gasteiger partial charge in [-0.1, -0.05) is 0 Å². The fraction of sp³-hybridized carbons (Fsp3) is 0.455. The summed E-state index contributed by atoms with van der Waals surface area (Å²) in [6, 6.07) is -0.0421. The summed E-state index contributed by atoms with van der Waals surface area (Å²) in [4.78, 5) is 12.8. The third-order valence-corrected chi connectivity index (χ3v) is 5.55. The molecule has 0 saturated carbocycles. The van der Waals surface area contributed by atoms with Crippen molar-refractivity contribution in [2.45, 2.75) is 23.9 Å². The van der Waals surface area contributed by atoms with Crippen LogP contribution in [0.2, 0.25) is 0 Å². The average molecular weight is 313 g/mol. The number of aromatic nitrogens is 3. The van der Waals surface area contributed by atoms with Crippen LogP contribution >= 0.6 is 11.3 Å². The van der Waals surface area contributed by atoms with E-state index in [9.17, 15) is 8.42 Å². The Morgan fingerprint density at radius 1 is 1.40 bits per heavy atom. The molecular formula is C11H15N5O2S2. The number of nitrogens with one attached hydrogen (secondary N) is 2. The van der Waals surface area contributed by atoms with Crippen LogP contribution in [0.5, 0.6) is 0 Å². The number of piperidine rings is 1. The fourth-order valence-corrected chi connectivity index (χ4v) is 4.14. The minimum Gasteiger partial charge on any atom is -0.348 e. The summed E-state index contributed by atoms with van der Waals surface area (Å²) in [5.74, 6) is 0. The number of rotatable bonds is 4. The number of hydrogen-bond acceptors (Lipinski definition) is 6. The highest BCUT2D eigenvalue weighted by Crippen LogP contribution is 2.22. The molecule has 0 unspecified atom stereocenters. The van der Waals surface area contributed by atoms with Crippen LogP contribution in [-0.2, 0) is 10.0 Å². The Balaban J connectivity index is 1.59. The van der Waals surface area contributed by atoms with E-state index in [2.05, 4.69) is 24.6 Å². The first-order chi connectivity index (χ1) is 9.65. The van der Waals surface area contributed by atoms with E-state index >= 15 is 0 Å². The van der Waals surface area contributed by atoms with E-state index in [0.717, 1.165) is 31.1 Å². The highest BCUT2D eigenvalue weighted by atomic mass is 32.2. The first-order valence-electron chi connectivity index (χ1n) is 6.30. The summed E-state index contributed by atoms with van der Waals surface area (Å²) in [6.45, 7) is 1.62. The molecule has 2 aromatic heterocycles. The minimum atomic E-state index is -3.49. The molecule has 3 rings (SSSR count). The maximum atomic E-state index is 12.1. The number of H-pyrrole nitrogens is 1. The second-order valence-electron chi connectivity index (χ2n) is 4.61. The zero-order valence-electron chi connectivity index (χ0n) is 10.7. The monoisotopic (exact) mass is 313 g/mol. The molecule has 0 amide bonds. The average Bonchev–Trinajstić information content (AvgIpc) is 3.13. The van der Waals surface area contributed by atoms with Gasteiger partial charge in [0.1, 0.15) is 0 Å². The van der Waals surface area contributed by atoms with E-state index in [4.69, 9.17) is 0 Å². The van der Waals surface area contributed by atoms with Gasteiger partial charge in [-0.2, -0.15) is 0 Å². The molecule has 20 heavy (non-hydrogen) atoms. The van der Waals surface area contributed by atoms with Gasteiger partial charge in [-0.25, -0.2) is 23.1 Å². The molecule has 1 aliphatic rings. The Hall–Kier alpha value is -1.45. The van der Waals surface area contributed by atoms with Crippen LogP contribution in [0.25, 0.3) is 0 Å². The minimum absolute atomic E-state index is 0.0421. The molecule has 7 nitrogen and oxygen atoms in total. The predicted molar refractivity (Wildman–Crippen MR) is 76.3 cm³/mol. The largest absolute Gasteiger partial charge is 0.348 e. The van der Waals surface area contributed by atoms with Crippen molar-refractivity contribution in [1.29, 1.82) is 0 Å². The van der Waals surface area contributed by atoms with Gasteiger partial charge < -0.3 is 9.88 Å². The molecule has 0 radical (unpaired) electrons. The van der Waals surface area contributed by atoms with Gasteiger partial charge in [0.25, 0.3) is 10.0 Å². The zero-order chi connectivity index (χ0) is 14.0. The maximum Gasteiger partial charge on any atom is 0.257 e. The molecule has 1 saturated heterocycles. The van der Waals surface area contributed by atoms with Crippen LogP contribution in [0.15, 0.2) is 29.1 Å². The van der Waals surface area contributed by atoms with Crippen LogP contribution in [-0.4, -0.2) is 42.5 Å². The highest BCUT2D eigenvalue weighted by molar-refractivity contribution is 7.89. The lowest BCUT2D eigenvalue weighted by Gasteiger charge is -2.31. The molecular weight excluding hydrogens is 298 g/mol. The van der Waals surface area contributed by atoms with Crippen molar-refractivity contribution in [3.63, 3.8) is 0 Å². The quantitative estimate of drug-likeness (QED) is 0.872. The van der Waals surface area contributed by atoms with Crippen molar-refractivity contribution < 1.29 is 8.42 Å². The van der Waals surface area contributed by atoms with Crippen LogP contribution in [0.3, 0.4) is 0 Å². The molecule has 2 N–H and O–H groups in total. The van der Waals surface area contributed by atoms with E-state index in [1.807, 2.05) is 5.38 Å². The number of aromatic amines is 1. The molecule has 0 bridgehead atoms. The third kappa shape index (κ3) is 2.84. The van der Waals surface area contributed by atoms with Crippen molar-refractivity contribution in [3.05, 3.63) is 24.1 Å². The summed E-state index contributed by atoms with van der Waals surface area (Å²) in [6.07, 6.45) is 6.00. The van der Waals surface area contributed by atoms with Crippen molar-refractivity contribution >= 4 is 26.5 Å². The third-order valence-electron chi connectivity index (χ3n) is 3.27. The van der Waals surface area contributed by atoms with E-state index in [-0.39, 0.29) is 11.1 Å². The number of thiazole rings is 1. The zero-order valence-corrected chi connectivity index (χ0v) is 12.3. The molecule has 0 aliphatic carbocycles. The van der Waals surface area contributed by atoms with Crippen LogP contribution in [0.1, 0.15) is 12.8 Å². The topological polar surface area (TPSA) is 91.0 Å². The van der Waals surface area contributed by atoms with Crippen LogP contribution in [0, 0.1) is 0 Å². The molecule has 0 spiro atoms. The van der Waals surface area contributed by atoms with Crippen molar-refractivity contribution in [2.24, 2.45) is 0 Å². The van der Waals surface area contributed by atoms with E-state index in [0.29, 0.717) is 0 Å². The lowest BCUT2D eigenvalue weighted by Crippen LogP contribution is -2.44. The summed E-state index contributed by atoms with van der Waals surface area (Å²) in [7, 11) is -3.49. The maximum absolute atomic E-state index is 12.1. The standard InChI is InChI=1S/C11H15N5O2S2/c17-20(18,10-7-12-8-14-10)15-9-1-4-16(5-2-9)11-13-3-6-19-11/h3,6-9,15H,1-2,4-5H2,(H,12,14). The Bertz CT molecular complexity index is 630. The van der Waals surface area contributed by atoms with Gasteiger partial charge >= 0.3 is 0 Å². The SMILES string of the molecule is O=S(=O)(NC1CCN(c2nccs2)CC1)c1cnc[nH]1. The number of imidazole rings is 1. The van der Waals surface area contributed by atoms with Gasteiger partial charge in [-0.05, 0) is 12.8 Å². The number of anilines is 1. The van der Waals surface area contributed by atoms with Gasteiger partial charge in [0.15, 0.2) is 10.2 Å². The Labute approximate surface area is 121 Å². The van der Waals surface area contributed by atoms with Gasteiger partial charge in [0.05, 0.1) is 12.5 Å². The first-order valence-corrected chi connectivity index (χ1v) is 8.66. The smallest absolute Gasteiger partial charge is 0.257 e. The highest BCUT2D eigenvalue weighted by Gasteiger charge is 2.26. The summed E-state index contributed by atoms with van der Waals surface area (Å²) < 4.78 is 26.9. The number of hydrogen-bond donors (Lipinski definition) is 2. The second kappa shape index (κ2) is 5.51. The van der Waals surface area contributed by atoms with Crippen molar-refractivity contribution in [1.82, 2.24) is 19.7 Å². The normalized spacial score (nSPS) is 17.5. The number of nitrogens with zero attached hydrogens (tertiary/aromatic N) is 3. The first kappa shape index (κ1) is 13.5. The van der Waals surface area contributed by atoms with Crippen molar-refractivity contribution in [2.75, 3.05) is 18.0 Å². The predicted octanol–water partition coefficient (Wildman–Crippen LogP) is 0.813. The second-order valence-corrected chi connectivity index (χ2v) is 7.17. The molecule has 0 atom stereocenters. The lowest BCUT2D eigenvalue weighted by atomic mass is 10.1. The summed E-state index contributed by atoms with van der Waals surface area (Å²) in [5.41, 5.74) is 0. The lowest BCUT2D eigenvalue weighted by molar-refractivity contribution is 0.459. The van der Waals surface area contributed by atoms with Gasteiger partial charge in [-0.3, -0.25) is 0 Å². The molecule has 3 heterocycles. The van der Waals surface area contributed by atoms with E-state index in [1.54, 1.807) is 17.5 Å². The van der Waals surface area contributed by atoms with E-state index in [1.165, 1.54) is 12.5 Å². The Morgan fingerprint density at radius 3 is 2.80 bits per heavy atom. The van der Waals surface area contributed by atoms with E-state index < -0.39 is 10.0 Å². The molecule has 9 heteroatoms.